The van der Waals surface area contributed by atoms with Crippen LogP contribution in [0, 0.1) is 6.92 Å². The molecule has 2 heterocycles. The maximum atomic E-state index is 4.29. The lowest BCUT2D eigenvalue weighted by Gasteiger charge is -2.13. The molecule has 1 atom stereocenters. The van der Waals surface area contributed by atoms with Gasteiger partial charge in [0.25, 0.3) is 0 Å². The van der Waals surface area contributed by atoms with Gasteiger partial charge in [-0.05, 0) is 32.0 Å². The predicted molar refractivity (Wildman–Crippen MR) is 63.0 cm³/mol. The van der Waals surface area contributed by atoms with E-state index in [1.165, 1.54) is 0 Å². The first-order valence-corrected chi connectivity index (χ1v) is 5.23. The number of nitrogens with one attached hydrogen (secondary N) is 1. The molecular weight excluding hydrogens is 200 g/mol. The summed E-state index contributed by atoms with van der Waals surface area (Å²) in [6.45, 7) is 3.93. The highest BCUT2D eigenvalue weighted by Gasteiger charge is 2.06. The summed E-state index contributed by atoms with van der Waals surface area (Å²) in [6.07, 6.45) is 3.54. The van der Waals surface area contributed by atoms with Gasteiger partial charge in [0.2, 0.25) is 0 Å². The van der Waals surface area contributed by atoms with Gasteiger partial charge in [0.15, 0.2) is 0 Å². The standard InChI is InChI=1S/C12H14N4/c1-9(11-5-3-4-7-14-11)15-12-6-8-13-10(2)16-12/h3-9H,1-2H3,(H,13,15,16). The Kier molecular flexibility index (Phi) is 3.10. The van der Waals surface area contributed by atoms with E-state index in [9.17, 15) is 0 Å². The zero-order chi connectivity index (χ0) is 11.4. The molecule has 0 amide bonds. The van der Waals surface area contributed by atoms with E-state index in [1.807, 2.05) is 31.2 Å². The van der Waals surface area contributed by atoms with E-state index in [0.29, 0.717) is 0 Å². The lowest BCUT2D eigenvalue weighted by Crippen LogP contribution is -2.09. The first-order valence-electron chi connectivity index (χ1n) is 5.23. The number of aromatic nitrogens is 3. The molecule has 0 saturated heterocycles. The highest BCUT2D eigenvalue weighted by Crippen LogP contribution is 2.14. The maximum Gasteiger partial charge on any atom is 0.130 e. The van der Waals surface area contributed by atoms with Crippen LogP contribution >= 0.6 is 0 Å². The Bertz CT molecular complexity index is 456. The summed E-state index contributed by atoms with van der Waals surface area (Å²) in [5.74, 6) is 1.59. The number of nitrogens with zero attached hydrogens (tertiary/aromatic N) is 3. The lowest BCUT2D eigenvalue weighted by molar-refractivity contribution is 0.827. The summed E-state index contributed by atoms with van der Waals surface area (Å²) in [5.41, 5.74) is 0.999. The Morgan fingerprint density at radius 3 is 2.69 bits per heavy atom. The summed E-state index contributed by atoms with van der Waals surface area (Å²) in [7, 11) is 0. The largest absolute Gasteiger partial charge is 0.362 e. The van der Waals surface area contributed by atoms with Crippen molar-refractivity contribution in [3.8, 4) is 0 Å². The molecule has 0 bridgehead atoms. The molecule has 2 aromatic heterocycles. The van der Waals surface area contributed by atoms with Gasteiger partial charge >= 0.3 is 0 Å². The minimum atomic E-state index is 0.135. The summed E-state index contributed by atoms with van der Waals surface area (Å²) >= 11 is 0. The Balaban J connectivity index is 2.11. The molecule has 0 fully saturated rings. The maximum absolute atomic E-state index is 4.29. The Hall–Kier alpha value is -1.97. The van der Waals surface area contributed by atoms with Crippen LogP contribution in [0.2, 0.25) is 0 Å². The lowest BCUT2D eigenvalue weighted by atomic mass is 10.2. The Morgan fingerprint density at radius 1 is 1.12 bits per heavy atom. The van der Waals surface area contributed by atoms with Gasteiger partial charge < -0.3 is 5.32 Å². The van der Waals surface area contributed by atoms with Crippen LogP contribution in [0.3, 0.4) is 0 Å². The number of anilines is 1. The van der Waals surface area contributed by atoms with Crippen molar-refractivity contribution < 1.29 is 0 Å². The smallest absolute Gasteiger partial charge is 0.130 e. The quantitative estimate of drug-likeness (QED) is 0.852. The van der Waals surface area contributed by atoms with Crippen LogP contribution < -0.4 is 5.32 Å². The van der Waals surface area contributed by atoms with E-state index < -0.39 is 0 Å². The third-order valence-corrected chi connectivity index (χ3v) is 2.27. The van der Waals surface area contributed by atoms with Crippen molar-refractivity contribution in [2.45, 2.75) is 19.9 Å². The molecule has 16 heavy (non-hydrogen) atoms. The van der Waals surface area contributed by atoms with E-state index in [1.54, 1.807) is 12.4 Å². The van der Waals surface area contributed by atoms with Gasteiger partial charge in [0.05, 0.1) is 11.7 Å². The van der Waals surface area contributed by atoms with Gasteiger partial charge in [-0.2, -0.15) is 0 Å². The monoisotopic (exact) mass is 214 g/mol. The summed E-state index contributed by atoms with van der Waals surface area (Å²) in [5, 5.41) is 3.29. The highest BCUT2D eigenvalue weighted by atomic mass is 15.0. The molecule has 0 saturated carbocycles. The van der Waals surface area contributed by atoms with Crippen LogP contribution in [0.1, 0.15) is 24.5 Å². The van der Waals surface area contributed by atoms with Gasteiger partial charge in [-0.15, -0.1) is 0 Å². The van der Waals surface area contributed by atoms with Crippen LogP contribution in [0.5, 0.6) is 0 Å². The Labute approximate surface area is 94.8 Å². The summed E-state index contributed by atoms with van der Waals surface area (Å²) in [6, 6.07) is 7.87. The van der Waals surface area contributed by atoms with Gasteiger partial charge in [-0.25, -0.2) is 9.97 Å². The number of hydrogen-bond acceptors (Lipinski definition) is 4. The van der Waals surface area contributed by atoms with Gasteiger partial charge in [-0.1, -0.05) is 6.07 Å². The van der Waals surface area contributed by atoms with E-state index in [2.05, 4.69) is 27.2 Å². The molecule has 82 valence electrons. The number of aryl methyl sites for hydroxylation is 1. The van der Waals surface area contributed by atoms with Crippen molar-refractivity contribution in [2.24, 2.45) is 0 Å². The first kappa shape index (κ1) is 10.5. The fourth-order valence-corrected chi connectivity index (χ4v) is 1.46. The van der Waals surface area contributed by atoms with Crippen molar-refractivity contribution in [3.63, 3.8) is 0 Å². The molecule has 0 spiro atoms. The van der Waals surface area contributed by atoms with Gasteiger partial charge in [-0.3, -0.25) is 4.98 Å². The molecule has 1 unspecified atom stereocenters. The van der Waals surface area contributed by atoms with Crippen molar-refractivity contribution in [3.05, 3.63) is 48.2 Å². The van der Waals surface area contributed by atoms with E-state index in [-0.39, 0.29) is 6.04 Å². The third-order valence-electron chi connectivity index (χ3n) is 2.27. The predicted octanol–water partition coefficient (Wildman–Crippen LogP) is 2.35. The zero-order valence-corrected chi connectivity index (χ0v) is 9.38. The second-order valence-electron chi connectivity index (χ2n) is 3.61. The van der Waals surface area contributed by atoms with Crippen molar-refractivity contribution in [1.82, 2.24) is 15.0 Å². The highest BCUT2D eigenvalue weighted by molar-refractivity contribution is 5.35. The second-order valence-corrected chi connectivity index (χ2v) is 3.61. The van der Waals surface area contributed by atoms with Crippen LogP contribution in [-0.4, -0.2) is 15.0 Å². The molecule has 0 aliphatic rings. The van der Waals surface area contributed by atoms with E-state index in [0.717, 1.165) is 17.3 Å². The third kappa shape index (κ3) is 2.53. The minimum absolute atomic E-state index is 0.135. The average Bonchev–Trinajstić information content (AvgIpc) is 2.30. The van der Waals surface area contributed by atoms with Crippen molar-refractivity contribution >= 4 is 5.82 Å². The topological polar surface area (TPSA) is 50.7 Å². The van der Waals surface area contributed by atoms with Gasteiger partial charge in [0, 0.05) is 12.4 Å². The Morgan fingerprint density at radius 2 is 2.00 bits per heavy atom. The van der Waals surface area contributed by atoms with E-state index >= 15 is 0 Å². The molecule has 4 nitrogen and oxygen atoms in total. The number of rotatable bonds is 3. The molecule has 0 aliphatic heterocycles. The molecule has 0 aliphatic carbocycles. The summed E-state index contributed by atoms with van der Waals surface area (Å²) in [4.78, 5) is 12.6. The fraction of sp³-hybridized carbons (Fsp3) is 0.250. The van der Waals surface area contributed by atoms with Crippen LogP contribution in [0.25, 0.3) is 0 Å². The SMILES string of the molecule is Cc1nccc(NC(C)c2ccccn2)n1. The normalized spacial score (nSPS) is 12.1. The van der Waals surface area contributed by atoms with Gasteiger partial charge in [0.1, 0.15) is 11.6 Å². The molecule has 4 heteroatoms. The number of hydrogen-bond donors (Lipinski definition) is 1. The molecular formula is C12H14N4. The van der Waals surface area contributed by atoms with Crippen LogP contribution in [0.4, 0.5) is 5.82 Å². The molecule has 1 N–H and O–H groups in total. The average molecular weight is 214 g/mol. The second kappa shape index (κ2) is 4.70. The minimum Gasteiger partial charge on any atom is -0.362 e. The molecule has 0 radical (unpaired) electrons. The van der Waals surface area contributed by atoms with Crippen LogP contribution in [0.15, 0.2) is 36.7 Å². The number of pyridine rings is 1. The molecule has 0 aromatic carbocycles. The summed E-state index contributed by atoms with van der Waals surface area (Å²) < 4.78 is 0. The molecule has 2 rings (SSSR count). The zero-order valence-electron chi connectivity index (χ0n) is 9.38. The fourth-order valence-electron chi connectivity index (χ4n) is 1.46. The van der Waals surface area contributed by atoms with E-state index in [4.69, 9.17) is 0 Å². The van der Waals surface area contributed by atoms with Crippen molar-refractivity contribution in [2.75, 3.05) is 5.32 Å². The van der Waals surface area contributed by atoms with Crippen LogP contribution in [-0.2, 0) is 0 Å². The van der Waals surface area contributed by atoms with Crippen molar-refractivity contribution in [1.29, 1.82) is 0 Å². The first-order chi connectivity index (χ1) is 7.75. The molecule has 2 aromatic rings.